The first-order valence-corrected chi connectivity index (χ1v) is 7.24. The van der Waals surface area contributed by atoms with Crippen LogP contribution in [0.25, 0.3) is 0 Å². The summed E-state index contributed by atoms with van der Waals surface area (Å²) >= 11 is 1.62. The topological polar surface area (TPSA) is 92.4 Å². The van der Waals surface area contributed by atoms with Crippen LogP contribution in [-0.4, -0.2) is 35.0 Å². The summed E-state index contributed by atoms with van der Waals surface area (Å²) in [7, 11) is 0. The zero-order valence-corrected chi connectivity index (χ0v) is 11.8. The first-order valence-electron chi connectivity index (χ1n) is 5.85. The molecule has 0 aliphatic rings. The highest BCUT2D eigenvalue weighted by atomic mass is 32.2. The summed E-state index contributed by atoms with van der Waals surface area (Å²) in [6, 6.07) is 4.19. The molecule has 6 heteroatoms. The molecule has 0 unspecified atom stereocenters. The van der Waals surface area contributed by atoms with E-state index in [1.165, 1.54) is 6.07 Å². The van der Waals surface area contributed by atoms with E-state index in [1.54, 1.807) is 30.8 Å². The van der Waals surface area contributed by atoms with Crippen molar-refractivity contribution in [1.82, 2.24) is 0 Å². The molecule has 0 aliphatic carbocycles. The highest BCUT2D eigenvalue weighted by molar-refractivity contribution is 7.98. The maximum atomic E-state index is 11.8. The number of nitrogens with one attached hydrogen (secondary N) is 1. The van der Waals surface area contributed by atoms with E-state index in [2.05, 4.69) is 5.32 Å². The molecule has 0 spiro atoms. The number of aryl methyl sites for hydroxylation is 1. The number of nitrogens with two attached hydrogens (primary N) is 1. The predicted molar refractivity (Wildman–Crippen MR) is 77.7 cm³/mol. The minimum Gasteiger partial charge on any atom is -0.478 e. The van der Waals surface area contributed by atoms with Crippen molar-refractivity contribution in [1.29, 1.82) is 0 Å². The van der Waals surface area contributed by atoms with Crippen molar-refractivity contribution in [3.8, 4) is 0 Å². The Labute approximate surface area is 116 Å². The van der Waals surface area contributed by atoms with Crippen LogP contribution in [-0.2, 0) is 4.79 Å². The number of anilines is 1. The zero-order valence-electron chi connectivity index (χ0n) is 11.0. The number of hydrogen-bond donors (Lipinski definition) is 3. The number of thioether (sulfide) groups is 1. The number of amides is 1. The molecule has 0 heterocycles. The maximum absolute atomic E-state index is 11.8. The molecule has 0 saturated carbocycles. The van der Waals surface area contributed by atoms with E-state index in [4.69, 9.17) is 10.8 Å². The van der Waals surface area contributed by atoms with Crippen molar-refractivity contribution in [2.24, 2.45) is 5.73 Å². The second-order valence-electron chi connectivity index (χ2n) is 4.21. The second-order valence-corrected chi connectivity index (χ2v) is 5.20. The van der Waals surface area contributed by atoms with E-state index in [1.807, 2.05) is 6.26 Å². The predicted octanol–water partition coefficient (Wildman–Crippen LogP) is 1.71. The van der Waals surface area contributed by atoms with E-state index < -0.39 is 12.0 Å². The van der Waals surface area contributed by atoms with Gasteiger partial charge in [-0.15, -0.1) is 0 Å². The lowest BCUT2D eigenvalue weighted by molar-refractivity contribution is -0.117. The van der Waals surface area contributed by atoms with Crippen molar-refractivity contribution < 1.29 is 14.7 Å². The number of carbonyl (C=O) groups is 2. The number of carboxylic acid groups (broad SMARTS) is 1. The number of hydrogen-bond acceptors (Lipinski definition) is 4. The third-order valence-electron chi connectivity index (χ3n) is 2.71. The van der Waals surface area contributed by atoms with Gasteiger partial charge in [0.15, 0.2) is 0 Å². The van der Waals surface area contributed by atoms with Gasteiger partial charge in [-0.3, -0.25) is 4.79 Å². The Hall–Kier alpha value is -1.53. The molecule has 0 fully saturated rings. The molecule has 104 valence electrons. The molecular formula is C13H18N2O3S. The van der Waals surface area contributed by atoms with E-state index in [0.29, 0.717) is 17.7 Å². The van der Waals surface area contributed by atoms with Crippen molar-refractivity contribution in [2.75, 3.05) is 17.3 Å². The van der Waals surface area contributed by atoms with E-state index >= 15 is 0 Å². The number of benzene rings is 1. The van der Waals surface area contributed by atoms with Gasteiger partial charge < -0.3 is 16.2 Å². The molecule has 1 amide bonds. The summed E-state index contributed by atoms with van der Waals surface area (Å²) in [5, 5.41) is 11.6. The van der Waals surface area contributed by atoms with E-state index in [-0.39, 0.29) is 11.5 Å². The van der Waals surface area contributed by atoms with E-state index in [9.17, 15) is 9.59 Å². The van der Waals surface area contributed by atoms with Gasteiger partial charge in [0.05, 0.1) is 11.6 Å². The normalized spacial score (nSPS) is 11.9. The van der Waals surface area contributed by atoms with Crippen LogP contribution in [0.1, 0.15) is 22.3 Å². The number of carbonyl (C=O) groups excluding carboxylic acids is 1. The molecule has 1 atom stereocenters. The Morgan fingerprint density at radius 3 is 2.74 bits per heavy atom. The number of carboxylic acids is 1. The molecule has 4 N–H and O–H groups in total. The molecule has 0 saturated heterocycles. The quantitative estimate of drug-likeness (QED) is 0.738. The van der Waals surface area contributed by atoms with Gasteiger partial charge >= 0.3 is 5.97 Å². The molecule has 5 nitrogen and oxygen atoms in total. The molecular weight excluding hydrogens is 264 g/mol. The second kappa shape index (κ2) is 7.16. The number of rotatable bonds is 6. The molecule has 0 bridgehead atoms. The molecule has 0 aromatic heterocycles. The average molecular weight is 282 g/mol. The molecule has 19 heavy (non-hydrogen) atoms. The fourth-order valence-electron chi connectivity index (χ4n) is 1.54. The lowest BCUT2D eigenvalue weighted by Gasteiger charge is -2.12. The highest BCUT2D eigenvalue weighted by Crippen LogP contribution is 2.15. The van der Waals surface area contributed by atoms with Crippen molar-refractivity contribution >= 4 is 29.3 Å². The first kappa shape index (κ1) is 15.5. The van der Waals surface area contributed by atoms with Gasteiger partial charge in [-0.25, -0.2) is 4.79 Å². The summed E-state index contributed by atoms with van der Waals surface area (Å²) in [5.41, 5.74) is 7.02. The van der Waals surface area contributed by atoms with Gasteiger partial charge in [-0.05, 0) is 43.0 Å². The van der Waals surface area contributed by atoms with Crippen LogP contribution >= 0.6 is 11.8 Å². The molecule has 0 aliphatic heterocycles. The average Bonchev–Trinajstić information content (AvgIpc) is 2.37. The largest absolute Gasteiger partial charge is 0.478 e. The van der Waals surface area contributed by atoms with Crippen LogP contribution in [0, 0.1) is 6.92 Å². The zero-order chi connectivity index (χ0) is 14.4. The summed E-state index contributed by atoms with van der Waals surface area (Å²) in [4.78, 5) is 22.8. The standard InChI is InChI=1S/C13H18N2O3S/c1-8-3-4-9(7-10(8)13(17)18)15-12(16)11(14)5-6-19-2/h3-4,7,11H,5-6,14H2,1-2H3,(H,15,16)(H,17,18)/t11-/m0/s1. The maximum Gasteiger partial charge on any atom is 0.336 e. The van der Waals surface area contributed by atoms with E-state index in [0.717, 1.165) is 5.75 Å². The highest BCUT2D eigenvalue weighted by Gasteiger charge is 2.14. The lowest BCUT2D eigenvalue weighted by atomic mass is 10.1. The Morgan fingerprint density at radius 2 is 2.16 bits per heavy atom. The third-order valence-corrected chi connectivity index (χ3v) is 3.35. The SMILES string of the molecule is CSCC[C@H](N)C(=O)Nc1ccc(C)c(C(=O)O)c1. The fraction of sp³-hybridized carbons (Fsp3) is 0.385. The van der Waals surface area contributed by atoms with Gasteiger partial charge in [0, 0.05) is 5.69 Å². The monoisotopic (exact) mass is 282 g/mol. The van der Waals surface area contributed by atoms with Crippen LogP contribution in [0.3, 0.4) is 0 Å². The summed E-state index contributed by atoms with van der Waals surface area (Å²) in [6.45, 7) is 1.71. The molecule has 0 radical (unpaired) electrons. The summed E-state index contributed by atoms with van der Waals surface area (Å²) < 4.78 is 0. The van der Waals surface area contributed by atoms with Gasteiger partial charge in [-0.2, -0.15) is 11.8 Å². The van der Waals surface area contributed by atoms with Crippen LogP contribution in [0.2, 0.25) is 0 Å². The van der Waals surface area contributed by atoms with Crippen LogP contribution < -0.4 is 11.1 Å². The van der Waals surface area contributed by atoms with Gasteiger partial charge in [0.1, 0.15) is 0 Å². The van der Waals surface area contributed by atoms with Crippen LogP contribution in [0.4, 0.5) is 5.69 Å². The van der Waals surface area contributed by atoms with Crippen molar-refractivity contribution in [3.05, 3.63) is 29.3 Å². The van der Waals surface area contributed by atoms with Gasteiger partial charge in [-0.1, -0.05) is 6.07 Å². The Morgan fingerprint density at radius 1 is 1.47 bits per heavy atom. The van der Waals surface area contributed by atoms with Crippen molar-refractivity contribution in [2.45, 2.75) is 19.4 Å². The van der Waals surface area contributed by atoms with Gasteiger partial charge in [0.25, 0.3) is 0 Å². The number of aromatic carboxylic acids is 1. The molecule has 1 aromatic carbocycles. The van der Waals surface area contributed by atoms with Crippen molar-refractivity contribution in [3.63, 3.8) is 0 Å². The fourth-order valence-corrected chi connectivity index (χ4v) is 2.03. The minimum absolute atomic E-state index is 0.176. The summed E-state index contributed by atoms with van der Waals surface area (Å²) in [5.74, 6) is -0.502. The third kappa shape index (κ3) is 4.57. The smallest absolute Gasteiger partial charge is 0.336 e. The Kier molecular flexibility index (Phi) is 5.85. The lowest BCUT2D eigenvalue weighted by Crippen LogP contribution is -2.36. The Bertz CT molecular complexity index is 477. The van der Waals surface area contributed by atoms with Crippen LogP contribution in [0.5, 0.6) is 0 Å². The van der Waals surface area contributed by atoms with Gasteiger partial charge in [0.2, 0.25) is 5.91 Å². The van der Waals surface area contributed by atoms with Crippen LogP contribution in [0.15, 0.2) is 18.2 Å². The minimum atomic E-state index is -1.01. The molecule has 1 rings (SSSR count). The Balaban J connectivity index is 2.74. The summed E-state index contributed by atoms with van der Waals surface area (Å²) in [6.07, 6.45) is 2.54. The first-order chi connectivity index (χ1) is 8.95. The molecule has 1 aromatic rings.